The molecule has 0 amide bonds. The van der Waals surface area contributed by atoms with Gasteiger partial charge in [-0.05, 0) is 40.3 Å². The van der Waals surface area contributed by atoms with E-state index in [1.165, 1.54) is 9.13 Å². The Labute approximate surface area is 157 Å². The highest BCUT2D eigenvalue weighted by molar-refractivity contribution is 14.1. The van der Waals surface area contributed by atoms with Crippen molar-refractivity contribution in [2.45, 2.75) is 6.61 Å². The van der Waals surface area contributed by atoms with Gasteiger partial charge in [0.25, 0.3) is 0 Å². The van der Waals surface area contributed by atoms with E-state index in [2.05, 4.69) is 46.9 Å². The maximum absolute atomic E-state index is 8.51. The lowest BCUT2D eigenvalue weighted by Gasteiger charge is -2.08. The van der Waals surface area contributed by atoms with Crippen LogP contribution >= 0.6 is 22.6 Å². The topological polar surface area (TPSA) is 66.4 Å². The third-order valence-corrected chi connectivity index (χ3v) is 3.62. The third kappa shape index (κ3) is 13.1. The fourth-order valence-corrected chi connectivity index (χ4v) is 2.07. The second kappa shape index (κ2) is 16.2. The quantitative estimate of drug-likeness (QED) is 0.304. The predicted molar refractivity (Wildman–Crippen MR) is 99.2 cm³/mol. The molecule has 0 aliphatic carbocycles. The summed E-state index contributed by atoms with van der Waals surface area (Å²) in [4.78, 5) is 0. The van der Waals surface area contributed by atoms with Crippen LogP contribution in [0.2, 0.25) is 0 Å². The Morgan fingerprint density at radius 2 is 1.04 bits per heavy atom. The summed E-state index contributed by atoms with van der Waals surface area (Å²) in [5, 5.41) is 8.51. The van der Waals surface area contributed by atoms with Crippen molar-refractivity contribution in [3.8, 4) is 0 Å². The highest BCUT2D eigenvalue weighted by atomic mass is 127. The number of aliphatic hydroxyl groups is 1. The van der Waals surface area contributed by atoms with Gasteiger partial charge in [-0.1, -0.05) is 12.1 Å². The first-order valence-corrected chi connectivity index (χ1v) is 9.15. The molecule has 6 nitrogen and oxygen atoms in total. The summed E-state index contributed by atoms with van der Waals surface area (Å²) in [5.41, 5.74) is 1.17. The van der Waals surface area contributed by atoms with Crippen LogP contribution in [-0.4, -0.2) is 71.2 Å². The molecule has 138 valence electrons. The van der Waals surface area contributed by atoms with Crippen molar-refractivity contribution in [2.24, 2.45) is 0 Å². The highest BCUT2D eigenvalue weighted by Crippen LogP contribution is 2.07. The monoisotopic (exact) mass is 454 g/mol. The van der Waals surface area contributed by atoms with Crippen LogP contribution in [0.3, 0.4) is 0 Å². The average Bonchev–Trinajstić information content (AvgIpc) is 2.60. The second-order valence-electron chi connectivity index (χ2n) is 4.85. The molecule has 0 saturated heterocycles. The number of hydrogen-bond donors (Lipinski definition) is 1. The molecule has 0 atom stereocenters. The maximum atomic E-state index is 8.51. The molecule has 0 unspecified atom stereocenters. The molecule has 1 rings (SSSR count). The SMILES string of the molecule is OCCOCCOCCOCCOCCOCc1ccc(I)cc1. The normalized spacial score (nSPS) is 11.1. The van der Waals surface area contributed by atoms with Gasteiger partial charge in [-0.15, -0.1) is 0 Å². The number of benzene rings is 1. The molecule has 0 fully saturated rings. The van der Waals surface area contributed by atoms with Gasteiger partial charge in [-0.25, -0.2) is 0 Å². The summed E-state index contributed by atoms with van der Waals surface area (Å²) >= 11 is 2.28. The number of hydrogen-bond acceptors (Lipinski definition) is 6. The molecule has 0 aliphatic rings. The van der Waals surface area contributed by atoms with Gasteiger partial charge in [-0.2, -0.15) is 0 Å². The van der Waals surface area contributed by atoms with E-state index in [-0.39, 0.29) is 6.61 Å². The van der Waals surface area contributed by atoms with Crippen LogP contribution < -0.4 is 0 Å². The van der Waals surface area contributed by atoms with Crippen LogP contribution in [0.25, 0.3) is 0 Å². The van der Waals surface area contributed by atoms with E-state index in [4.69, 9.17) is 28.8 Å². The van der Waals surface area contributed by atoms with Gasteiger partial charge in [0.2, 0.25) is 0 Å². The Hall–Kier alpha value is -0.290. The lowest BCUT2D eigenvalue weighted by atomic mass is 10.2. The third-order valence-electron chi connectivity index (χ3n) is 2.91. The minimum Gasteiger partial charge on any atom is -0.394 e. The van der Waals surface area contributed by atoms with Gasteiger partial charge in [0, 0.05) is 3.57 Å². The molecule has 0 aliphatic heterocycles. The molecular formula is C17H27IO6. The van der Waals surface area contributed by atoms with Crippen molar-refractivity contribution in [2.75, 3.05) is 66.1 Å². The zero-order valence-corrected chi connectivity index (χ0v) is 16.1. The zero-order chi connectivity index (χ0) is 17.3. The number of halogens is 1. The van der Waals surface area contributed by atoms with Crippen LogP contribution in [0, 0.1) is 3.57 Å². The predicted octanol–water partition coefficient (Wildman–Crippen LogP) is 1.87. The minimum absolute atomic E-state index is 0.0415. The zero-order valence-electron chi connectivity index (χ0n) is 14.0. The maximum Gasteiger partial charge on any atom is 0.0718 e. The summed E-state index contributed by atoms with van der Waals surface area (Å²) < 4.78 is 27.9. The number of rotatable bonds is 16. The molecule has 0 aromatic heterocycles. The van der Waals surface area contributed by atoms with Gasteiger partial charge in [-0.3, -0.25) is 0 Å². The molecule has 0 spiro atoms. The first-order valence-electron chi connectivity index (χ1n) is 8.07. The molecule has 1 aromatic rings. The Kier molecular flexibility index (Phi) is 14.7. The minimum atomic E-state index is 0.0415. The van der Waals surface area contributed by atoms with Crippen molar-refractivity contribution in [3.05, 3.63) is 33.4 Å². The van der Waals surface area contributed by atoms with Crippen molar-refractivity contribution in [1.82, 2.24) is 0 Å². The van der Waals surface area contributed by atoms with Crippen LogP contribution in [-0.2, 0) is 30.3 Å². The van der Waals surface area contributed by atoms with Crippen molar-refractivity contribution >= 4 is 22.6 Å². The van der Waals surface area contributed by atoms with Crippen molar-refractivity contribution < 1.29 is 28.8 Å². The molecule has 0 bridgehead atoms. The van der Waals surface area contributed by atoms with Crippen molar-refractivity contribution in [1.29, 1.82) is 0 Å². The van der Waals surface area contributed by atoms with E-state index in [0.717, 1.165) is 0 Å². The van der Waals surface area contributed by atoms with E-state index in [1.54, 1.807) is 0 Å². The fraction of sp³-hybridized carbons (Fsp3) is 0.647. The summed E-state index contributed by atoms with van der Waals surface area (Å²) in [6.45, 7) is 5.29. The largest absolute Gasteiger partial charge is 0.394 e. The summed E-state index contributed by atoms with van der Waals surface area (Å²) in [7, 11) is 0. The first-order chi connectivity index (χ1) is 11.8. The highest BCUT2D eigenvalue weighted by Gasteiger charge is 1.95. The smallest absolute Gasteiger partial charge is 0.0718 e. The van der Waals surface area contributed by atoms with E-state index in [1.807, 2.05) is 0 Å². The molecule has 0 radical (unpaired) electrons. The Morgan fingerprint density at radius 3 is 1.50 bits per heavy atom. The van der Waals surface area contributed by atoms with Gasteiger partial charge in [0.15, 0.2) is 0 Å². The molecule has 1 aromatic carbocycles. The van der Waals surface area contributed by atoms with Crippen LogP contribution in [0.5, 0.6) is 0 Å². The molecule has 24 heavy (non-hydrogen) atoms. The second-order valence-corrected chi connectivity index (χ2v) is 6.10. The average molecular weight is 454 g/mol. The Balaban J connectivity index is 1.75. The number of ether oxygens (including phenoxy) is 5. The molecular weight excluding hydrogens is 427 g/mol. The van der Waals surface area contributed by atoms with Crippen LogP contribution in [0.15, 0.2) is 24.3 Å². The summed E-state index contributed by atoms with van der Waals surface area (Å²) in [5.74, 6) is 0. The molecule has 7 heteroatoms. The molecule has 0 heterocycles. The van der Waals surface area contributed by atoms with Crippen molar-refractivity contribution in [3.63, 3.8) is 0 Å². The van der Waals surface area contributed by atoms with E-state index in [0.29, 0.717) is 66.1 Å². The Morgan fingerprint density at radius 1 is 0.625 bits per heavy atom. The molecule has 0 saturated carbocycles. The van der Waals surface area contributed by atoms with E-state index >= 15 is 0 Å². The standard InChI is InChI=1S/C17H27IO6/c18-17-3-1-16(2-4-17)15-24-14-13-23-12-11-22-10-9-21-8-7-20-6-5-19/h1-4,19H,5-15H2. The van der Waals surface area contributed by atoms with Gasteiger partial charge >= 0.3 is 0 Å². The van der Waals surface area contributed by atoms with Gasteiger partial charge in [0.05, 0.1) is 72.7 Å². The molecule has 1 N–H and O–H groups in total. The van der Waals surface area contributed by atoms with Crippen LogP contribution in [0.1, 0.15) is 5.56 Å². The first kappa shape index (κ1) is 21.8. The Bertz CT molecular complexity index is 387. The van der Waals surface area contributed by atoms with Gasteiger partial charge in [0.1, 0.15) is 0 Å². The lowest BCUT2D eigenvalue weighted by molar-refractivity contribution is -0.0145. The van der Waals surface area contributed by atoms with E-state index < -0.39 is 0 Å². The fourth-order valence-electron chi connectivity index (χ4n) is 1.71. The summed E-state index contributed by atoms with van der Waals surface area (Å²) in [6.07, 6.45) is 0. The number of aliphatic hydroxyl groups excluding tert-OH is 1. The summed E-state index contributed by atoms with van der Waals surface area (Å²) in [6, 6.07) is 8.27. The lowest BCUT2D eigenvalue weighted by Crippen LogP contribution is -2.13. The van der Waals surface area contributed by atoms with E-state index in [9.17, 15) is 0 Å². The van der Waals surface area contributed by atoms with Crippen LogP contribution in [0.4, 0.5) is 0 Å². The van der Waals surface area contributed by atoms with Gasteiger partial charge < -0.3 is 28.8 Å².